The predicted octanol–water partition coefficient (Wildman–Crippen LogP) is 2.27. The van der Waals surface area contributed by atoms with E-state index in [1.165, 1.54) is 12.1 Å². The zero-order valence-electron chi connectivity index (χ0n) is 10.6. The Morgan fingerprint density at radius 1 is 1.33 bits per heavy atom. The summed E-state index contributed by atoms with van der Waals surface area (Å²) in [6.45, 7) is 4.35. The highest BCUT2D eigenvalue weighted by atomic mass is 19.1. The van der Waals surface area contributed by atoms with Crippen molar-refractivity contribution in [3.63, 3.8) is 0 Å². The third-order valence-corrected chi connectivity index (χ3v) is 3.34. The van der Waals surface area contributed by atoms with E-state index in [1.54, 1.807) is 17.0 Å². The number of carbonyl (C=O) groups excluding carboxylic acids is 2. The first-order valence-corrected chi connectivity index (χ1v) is 5.99. The van der Waals surface area contributed by atoms with Gasteiger partial charge in [-0.3, -0.25) is 9.59 Å². The van der Waals surface area contributed by atoms with Crippen molar-refractivity contribution in [2.24, 2.45) is 5.41 Å². The van der Waals surface area contributed by atoms with Crippen molar-refractivity contribution >= 4 is 11.7 Å². The minimum atomic E-state index is -0.542. The van der Waals surface area contributed by atoms with Crippen molar-refractivity contribution < 1.29 is 14.0 Å². The molecule has 0 unspecified atom stereocenters. The van der Waals surface area contributed by atoms with Crippen LogP contribution in [-0.2, 0) is 4.79 Å². The third kappa shape index (κ3) is 2.28. The normalized spacial score (nSPS) is 18.8. The van der Waals surface area contributed by atoms with E-state index in [1.807, 2.05) is 13.8 Å². The molecule has 18 heavy (non-hydrogen) atoms. The molecule has 1 aromatic rings. The largest absolute Gasteiger partial charge is 0.337 e. The van der Waals surface area contributed by atoms with E-state index in [4.69, 9.17) is 0 Å². The molecule has 0 bridgehead atoms. The van der Waals surface area contributed by atoms with Gasteiger partial charge in [-0.25, -0.2) is 4.39 Å². The van der Waals surface area contributed by atoms with Gasteiger partial charge in [0, 0.05) is 24.9 Å². The minimum absolute atomic E-state index is 0.0719. The van der Waals surface area contributed by atoms with Crippen LogP contribution in [0.25, 0.3) is 0 Å². The van der Waals surface area contributed by atoms with Crippen LogP contribution in [-0.4, -0.2) is 29.7 Å². The maximum atomic E-state index is 13.5. The molecule has 0 aromatic heterocycles. The summed E-state index contributed by atoms with van der Waals surface area (Å²) >= 11 is 0. The quantitative estimate of drug-likeness (QED) is 0.765. The lowest BCUT2D eigenvalue weighted by Crippen LogP contribution is -2.48. The molecule has 1 amide bonds. The number of likely N-dealkylation sites (tertiary alicyclic amines) is 1. The summed E-state index contributed by atoms with van der Waals surface area (Å²) in [5.41, 5.74) is -0.471. The summed E-state index contributed by atoms with van der Waals surface area (Å²) in [6.07, 6.45) is 0.340. The number of Topliss-reactive ketones (excluding diaryl/α,β-unsaturated/α-hetero) is 1. The Labute approximate surface area is 106 Å². The smallest absolute Gasteiger partial charge is 0.256 e. The number of halogens is 1. The number of piperidine rings is 1. The van der Waals surface area contributed by atoms with Gasteiger partial charge in [-0.1, -0.05) is 26.0 Å². The average molecular weight is 249 g/mol. The van der Waals surface area contributed by atoms with Gasteiger partial charge >= 0.3 is 0 Å². The van der Waals surface area contributed by atoms with Crippen LogP contribution in [0.5, 0.6) is 0 Å². The molecular weight excluding hydrogens is 233 g/mol. The summed E-state index contributed by atoms with van der Waals surface area (Å²) in [7, 11) is 0. The molecule has 1 aromatic carbocycles. The van der Waals surface area contributed by atoms with Gasteiger partial charge < -0.3 is 4.90 Å². The number of ketones is 1. The van der Waals surface area contributed by atoms with Crippen LogP contribution in [0.2, 0.25) is 0 Å². The fraction of sp³-hybridized carbons (Fsp3) is 0.429. The van der Waals surface area contributed by atoms with E-state index < -0.39 is 11.2 Å². The van der Waals surface area contributed by atoms with Gasteiger partial charge in [0.05, 0.1) is 5.56 Å². The number of carbonyl (C=O) groups is 2. The molecule has 0 atom stereocenters. The number of hydrogen-bond acceptors (Lipinski definition) is 2. The molecule has 4 heteroatoms. The first-order chi connectivity index (χ1) is 8.42. The third-order valence-electron chi connectivity index (χ3n) is 3.34. The molecule has 0 N–H and O–H groups in total. The van der Waals surface area contributed by atoms with Crippen LogP contribution in [0.3, 0.4) is 0 Å². The molecule has 1 saturated heterocycles. The Morgan fingerprint density at radius 3 is 2.61 bits per heavy atom. The number of amides is 1. The maximum absolute atomic E-state index is 13.5. The molecule has 0 spiro atoms. The highest BCUT2D eigenvalue weighted by molar-refractivity contribution is 5.96. The van der Waals surface area contributed by atoms with Crippen molar-refractivity contribution in [2.75, 3.05) is 13.1 Å². The first kappa shape index (κ1) is 12.7. The van der Waals surface area contributed by atoms with Gasteiger partial charge in [-0.15, -0.1) is 0 Å². The molecule has 3 nitrogen and oxygen atoms in total. The lowest BCUT2D eigenvalue weighted by molar-refractivity contribution is -0.130. The summed E-state index contributed by atoms with van der Waals surface area (Å²) in [5.74, 6) is -0.703. The second kappa shape index (κ2) is 4.52. The Bertz CT molecular complexity index is 496. The Balaban J connectivity index is 2.21. The van der Waals surface area contributed by atoms with Crippen molar-refractivity contribution in [3.05, 3.63) is 35.6 Å². The van der Waals surface area contributed by atoms with Gasteiger partial charge in [0.15, 0.2) is 0 Å². The van der Waals surface area contributed by atoms with Gasteiger partial charge in [-0.05, 0) is 12.1 Å². The van der Waals surface area contributed by atoms with Crippen molar-refractivity contribution in [2.45, 2.75) is 20.3 Å². The topological polar surface area (TPSA) is 37.4 Å². The second-order valence-corrected chi connectivity index (χ2v) is 5.26. The van der Waals surface area contributed by atoms with Crippen LogP contribution < -0.4 is 0 Å². The standard InChI is InChI=1S/C14H16FNO2/c1-14(2)9-16(8-7-12(14)17)13(18)10-5-3-4-6-11(10)15/h3-6H,7-9H2,1-2H3. The zero-order valence-corrected chi connectivity index (χ0v) is 10.6. The Kier molecular flexibility index (Phi) is 3.20. The number of hydrogen-bond donors (Lipinski definition) is 0. The maximum Gasteiger partial charge on any atom is 0.256 e. The van der Waals surface area contributed by atoms with Crippen LogP contribution in [0.4, 0.5) is 4.39 Å². The summed E-state index contributed by atoms with van der Waals surface area (Å²) in [5, 5.41) is 0. The SMILES string of the molecule is CC1(C)CN(C(=O)c2ccccc2F)CCC1=O. The van der Waals surface area contributed by atoms with Gasteiger partial charge in [-0.2, -0.15) is 0 Å². The fourth-order valence-electron chi connectivity index (χ4n) is 2.20. The Hall–Kier alpha value is -1.71. The second-order valence-electron chi connectivity index (χ2n) is 5.26. The lowest BCUT2D eigenvalue weighted by Gasteiger charge is -2.36. The molecule has 1 heterocycles. The summed E-state index contributed by atoms with van der Waals surface area (Å²) in [4.78, 5) is 25.4. The van der Waals surface area contributed by atoms with E-state index in [2.05, 4.69) is 0 Å². The van der Waals surface area contributed by atoms with Crippen LogP contribution in [0.15, 0.2) is 24.3 Å². The highest BCUT2D eigenvalue weighted by Gasteiger charge is 2.36. The van der Waals surface area contributed by atoms with Crippen molar-refractivity contribution in [1.82, 2.24) is 4.90 Å². The van der Waals surface area contributed by atoms with Crippen molar-refractivity contribution in [3.8, 4) is 0 Å². The lowest BCUT2D eigenvalue weighted by atomic mass is 9.82. The Morgan fingerprint density at radius 2 is 2.00 bits per heavy atom. The van der Waals surface area contributed by atoms with Crippen molar-refractivity contribution in [1.29, 1.82) is 0 Å². The zero-order chi connectivity index (χ0) is 13.3. The number of benzene rings is 1. The minimum Gasteiger partial charge on any atom is -0.337 e. The first-order valence-electron chi connectivity index (χ1n) is 5.99. The van der Waals surface area contributed by atoms with E-state index in [-0.39, 0.29) is 17.3 Å². The van der Waals surface area contributed by atoms with Gasteiger partial charge in [0.2, 0.25) is 0 Å². The molecule has 1 aliphatic heterocycles. The fourth-order valence-corrected chi connectivity index (χ4v) is 2.20. The number of rotatable bonds is 1. The van der Waals surface area contributed by atoms with E-state index in [9.17, 15) is 14.0 Å². The van der Waals surface area contributed by atoms with E-state index >= 15 is 0 Å². The molecule has 1 aliphatic rings. The molecule has 96 valence electrons. The molecule has 0 aliphatic carbocycles. The monoisotopic (exact) mass is 249 g/mol. The molecule has 0 saturated carbocycles. The van der Waals surface area contributed by atoms with Gasteiger partial charge in [0.1, 0.15) is 11.6 Å². The highest BCUT2D eigenvalue weighted by Crippen LogP contribution is 2.26. The molecule has 1 fully saturated rings. The van der Waals surface area contributed by atoms with E-state index in [0.717, 1.165) is 0 Å². The predicted molar refractivity (Wildman–Crippen MR) is 65.7 cm³/mol. The van der Waals surface area contributed by atoms with Gasteiger partial charge in [0.25, 0.3) is 5.91 Å². The molecule has 0 radical (unpaired) electrons. The molecular formula is C14H16FNO2. The van der Waals surface area contributed by atoms with Crippen LogP contribution >= 0.6 is 0 Å². The summed E-state index contributed by atoms with van der Waals surface area (Å²) < 4.78 is 13.5. The van der Waals surface area contributed by atoms with Crippen LogP contribution in [0, 0.1) is 11.2 Å². The molecule has 2 rings (SSSR count). The summed E-state index contributed by atoms with van der Waals surface area (Å²) in [6, 6.07) is 5.93. The van der Waals surface area contributed by atoms with E-state index in [0.29, 0.717) is 19.5 Å². The van der Waals surface area contributed by atoms with Crippen LogP contribution in [0.1, 0.15) is 30.6 Å². The average Bonchev–Trinajstić information content (AvgIpc) is 2.32. The number of nitrogens with zero attached hydrogens (tertiary/aromatic N) is 1.